The van der Waals surface area contributed by atoms with Crippen LogP contribution >= 0.6 is 0 Å². The van der Waals surface area contributed by atoms with E-state index in [-0.39, 0.29) is 5.95 Å². The number of benzene rings is 2. The molecule has 0 aliphatic rings. The third-order valence-electron chi connectivity index (χ3n) is 3.46. The predicted molar refractivity (Wildman–Crippen MR) is 87.8 cm³/mol. The van der Waals surface area contributed by atoms with Crippen LogP contribution in [0, 0.1) is 0 Å². The first-order chi connectivity index (χ1) is 10.1. The minimum absolute atomic E-state index is 0.276. The van der Waals surface area contributed by atoms with Crippen molar-refractivity contribution in [1.29, 1.82) is 0 Å². The summed E-state index contributed by atoms with van der Waals surface area (Å²) in [4.78, 5) is 8.61. The van der Waals surface area contributed by atoms with Crippen molar-refractivity contribution < 1.29 is 0 Å². The Bertz CT molecular complexity index is 781. The first-order valence-electron chi connectivity index (χ1n) is 7.03. The Balaban J connectivity index is 2.10. The van der Waals surface area contributed by atoms with E-state index in [9.17, 15) is 0 Å². The van der Waals surface area contributed by atoms with Crippen LogP contribution in [0.1, 0.15) is 25.3 Å². The van der Waals surface area contributed by atoms with Gasteiger partial charge in [0.25, 0.3) is 0 Å². The number of aromatic nitrogens is 2. The van der Waals surface area contributed by atoms with Gasteiger partial charge in [0, 0.05) is 11.1 Å². The van der Waals surface area contributed by atoms with E-state index >= 15 is 0 Å². The summed E-state index contributed by atoms with van der Waals surface area (Å²) in [6.07, 6.45) is 0. The molecule has 0 radical (unpaired) electrons. The zero-order valence-electron chi connectivity index (χ0n) is 12.2. The summed E-state index contributed by atoms with van der Waals surface area (Å²) >= 11 is 0. The van der Waals surface area contributed by atoms with Crippen LogP contribution in [0.3, 0.4) is 0 Å². The molecule has 3 N–H and O–H groups in total. The number of nitrogens with two attached hydrogens (primary N) is 1. The second kappa shape index (κ2) is 5.40. The Morgan fingerprint density at radius 1 is 0.952 bits per heavy atom. The van der Waals surface area contributed by atoms with E-state index in [2.05, 4.69) is 41.3 Å². The number of fused-ring (bicyclic) bond motifs is 1. The fraction of sp³-hybridized carbons (Fsp3) is 0.176. The zero-order valence-corrected chi connectivity index (χ0v) is 12.2. The van der Waals surface area contributed by atoms with Crippen LogP contribution in [0.2, 0.25) is 0 Å². The van der Waals surface area contributed by atoms with E-state index in [0.29, 0.717) is 5.92 Å². The van der Waals surface area contributed by atoms with Crippen molar-refractivity contribution in [2.45, 2.75) is 19.8 Å². The Kier molecular flexibility index (Phi) is 3.44. The lowest BCUT2D eigenvalue weighted by molar-refractivity contribution is 0.869. The van der Waals surface area contributed by atoms with Crippen molar-refractivity contribution in [1.82, 2.24) is 9.97 Å². The van der Waals surface area contributed by atoms with Crippen LogP contribution < -0.4 is 11.1 Å². The molecule has 21 heavy (non-hydrogen) atoms. The summed E-state index contributed by atoms with van der Waals surface area (Å²) in [5.74, 6) is 1.45. The van der Waals surface area contributed by atoms with Crippen molar-refractivity contribution in [3.63, 3.8) is 0 Å². The molecule has 3 aromatic rings. The van der Waals surface area contributed by atoms with Crippen molar-refractivity contribution in [2.75, 3.05) is 11.1 Å². The van der Waals surface area contributed by atoms with Gasteiger partial charge in [0.15, 0.2) is 0 Å². The molecule has 0 bridgehead atoms. The fourth-order valence-corrected chi connectivity index (χ4v) is 2.43. The second-order valence-electron chi connectivity index (χ2n) is 5.31. The SMILES string of the molecule is CC(C)c1ccccc1Nc1nc(N)nc2ccccc12. The topological polar surface area (TPSA) is 63.8 Å². The van der Waals surface area contributed by atoms with Crippen LogP contribution in [0.25, 0.3) is 10.9 Å². The number of nitrogen functional groups attached to an aromatic ring is 1. The Morgan fingerprint density at radius 2 is 1.67 bits per heavy atom. The number of anilines is 3. The number of nitrogens with zero attached hydrogens (tertiary/aromatic N) is 2. The molecule has 0 aliphatic heterocycles. The number of para-hydroxylation sites is 2. The zero-order chi connectivity index (χ0) is 14.8. The van der Waals surface area contributed by atoms with E-state index in [4.69, 9.17) is 5.73 Å². The molecule has 0 unspecified atom stereocenters. The molecule has 1 heterocycles. The monoisotopic (exact) mass is 278 g/mol. The Hall–Kier alpha value is -2.62. The highest BCUT2D eigenvalue weighted by Gasteiger charge is 2.10. The van der Waals surface area contributed by atoms with Gasteiger partial charge >= 0.3 is 0 Å². The minimum Gasteiger partial charge on any atom is -0.368 e. The van der Waals surface area contributed by atoms with E-state index in [0.717, 1.165) is 22.4 Å². The van der Waals surface area contributed by atoms with Crippen LogP contribution in [0.15, 0.2) is 48.5 Å². The van der Waals surface area contributed by atoms with Crippen LogP contribution in [0.5, 0.6) is 0 Å². The number of nitrogens with one attached hydrogen (secondary N) is 1. The summed E-state index contributed by atoms with van der Waals surface area (Å²) in [6, 6.07) is 16.1. The molecular formula is C17H18N4. The fourth-order valence-electron chi connectivity index (χ4n) is 2.43. The molecule has 4 nitrogen and oxygen atoms in total. The molecule has 2 aromatic carbocycles. The van der Waals surface area contributed by atoms with Crippen LogP contribution in [-0.4, -0.2) is 9.97 Å². The summed E-state index contributed by atoms with van der Waals surface area (Å²) in [5, 5.41) is 4.37. The van der Waals surface area contributed by atoms with Crippen molar-refractivity contribution >= 4 is 28.4 Å². The highest BCUT2D eigenvalue weighted by atomic mass is 15.1. The molecule has 0 spiro atoms. The lowest BCUT2D eigenvalue weighted by Gasteiger charge is -2.15. The predicted octanol–water partition coefficient (Wildman–Crippen LogP) is 4.08. The lowest BCUT2D eigenvalue weighted by Crippen LogP contribution is -2.03. The van der Waals surface area contributed by atoms with Gasteiger partial charge in [0.1, 0.15) is 5.82 Å². The Labute approximate surface area is 124 Å². The molecule has 0 amide bonds. The third kappa shape index (κ3) is 2.65. The number of hydrogen-bond acceptors (Lipinski definition) is 4. The first-order valence-corrected chi connectivity index (χ1v) is 7.03. The average molecular weight is 278 g/mol. The van der Waals surface area contributed by atoms with Crippen LogP contribution in [-0.2, 0) is 0 Å². The third-order valence-corrected chi connectivity index (χ3v) is 3.46. The van der Waals surface area contributed by atoms with Crippen molar-refractivity contribution in [3.8, 4) is 0 Å². The first kappa shape index (κ1) is 13.4. The Morgan fingerprint density at radius 3 is 2.48 bits per heavy atom. The quantitative estimate of drug-likeness (QED) is 0.757. The van der Waals surface area contributed by atoms with Crippen molar-refractivity contribution in [3.05, 3.63) is 54.1 Å². The van der Waals surface area contributed by atoms with Gasteiger partial charge in [-0.3, -0.25) is 0 Å². The maximum absolute atomic E-state index is 5.81. The van der Waals surface area contributed by atoms with Crippen molar-refractivity contribution in [2.24, 2.45) is 0 Å². The summed E-state index contributed by atoms with van der Waals surface area (Å²) in [7, 11) is 0. The highest BCUT2D eigenvalue weighted by molar-refractivity contribution is 5.91. The molecular weight excluding hydrogens is 260 g/mol. The molecule has 0 saturated heterocycles. The van der Waals surface area contributed by atoms with Gasteiger partial charge in [-0.1, -0.05) is 44.2 Å². The average Bonchev–Trinajstić information content (AvgIpc) is 2.47. The highest BCUT2D eigenvalue weighted by Crippen LogP contribution is 2.29. The lowest BCUT2D eigenvalue weighted by atomic mass is 10.0. The van der Waals surface area contributed by atoms with Gasteiger partial charge < -0.3 is 11.1 Å². The van der Waals surface area contributed by atoms with Gasteiger partial charge in [-0.05, 0) is 29.7 Å². The molecule has 0 atom stereocenters. The number of rotatable bonds is 3. The van der Waals surface area contributed by atoms with E-state index < -0.39 is 0 Å². The van der Waals surface area contributed by atoms with Gasteiger partial charge in [-0.2, -0.15) is 4.98 Å². The van der Waals surface area contributed by atoms with E-state index in [1.165, 1.54) is 5.56 Å². The maximum atomic E-state index is 5.81. The van der Waals surface area contributed by atoms with Crippen LogP contribution in [0.4, 0.5) is 17.5 Å². The molecule has 0 saturated carbocycles. The van der Waals surface area contributed by atoms with Gasteiger partial charge in [-0.15, -0.1) is 0 Å². The van der Waals surface area contributed by atoms with Gasteiger partial charge in [-0.25, -0.2) is 4.98 Å². The summed E-state index contributed by atoms with van der Waals surface area (Å²) < 4.78 is 0. The molecule has 106 valence electrons. The maximum Gasteiger partial charge on any atom is 0.222 e. The minimum atomic E-state index is 0.276. The van der Waals surface area contributed by atoms with Gasteiger partial charge in [0.2, 0.25) is 5.95 Å². The summed E-state index contributed by atoms with van der Waals surface area (Å²) in [5.41, 5.74) is 8.96. The van der Waals surface area contributed by atoms with E-state index in [1.807, 2.05) is 36.4 Å². The van der Waals surface area contributed by atoms with Gasteiger partial charge in [0.05, 0.1) is 5.52 Å². The number of hydrogen-bond donors (Lipinski definition) is 2. The largest absolute Gasteiger partial charge is 0.368 e. The summed E-state index contributed by atoms with van der Waals surface area (Å²) in [6.45, 7) is 4.35. The molecule has 1 aromatic heterocycles. The standard InChI is InChI=1S/C17H18N4/c1-11(2)12-7-3-5-9-14(12)19-16-13-8-4-6-10-15(13)20-17(18)21-16/h3-11H,1-2H3,(H3,18,19,20,21). The molecule has 4 heteroatoms. The van der Waals surface area contributed by atoms with E-state index in [1.54, 1.807) is 0 Å². The molecule has 0 aliphatic carbocycles. The normalized spacial score (nSPS) is 11.0. The molecule has 3 rings (SSSR count). The smallest absolute Gasteiger partial charge is 0.222 e. The second-order valence-corrected chi connectivity index (χ2v) is 5.31. The molecule has 0 fully saturated rings.